The molecule has 0 bridgehead atoms. The summed E-state index contributed by atoms with van der Waals surface area (Å²) < 4.78 is 5.62. The van der Waals surface area contributed by atoms with Crippen LogP contribution in [-0.4, -0.2) is 59.8 Å². The Morgan fingerprint density at radius 1 is 1.20 bits per heavy atom. The summed E-state index contributed by atoms with van der Waals surface area (Å²) in [6.07, 6.45) is 2.22. The van der Waals surface area contributed by atoms with E-state index >= 15 is 0 Å². The SMILES string of the molecule is CN(C)C(=O)COc1ccc2c(c1)CC(NC[C@H](O)c1ccc(O)cc1)CC2.Cl.O. The van der Waals surface area contributed by atoms with Crippen molar-refractivity contribution < 1.29 is 25.2 Å². The van der Waals surface area contributed by atoms with Crippen molar-refractivity contribution in [3.05, 3.63) is 59.2 Å². The number of amides is 1. The molecule has 0 fully saturated rings. The van der Waals surface area contributed by atoms with Gasteiger partial charge in [0.25, 0.3) is 5.91 Å². The zero-order valence-electron chi connectivity index (χ0n) is 17.3. The van der Waals surface area contributed by atoms with Crippen molar-refractivity contribution in [3.8, 4) is 11.5 Å². The van der Waals surface area contributed by atoms with E-state index in [-0.39, 0.29) is 42.2 Å². The van der Waals surface area contributed by atoms with Gasteiger partial charge in [-0.15, -0.1) is 12.4 Å². The highest BCUT2D eigenvalue weighted by atomic mass is 35.5. The summed E-state index contributed by atoms with van der Waals surface area (Å²) in [6, 6.07) is 12.9. The van der Waals surface area contributed by atoms with Crippen LogP contribution in [0.15, 0.2) is 42.5 Å². The molecule has 7 nitrogen and oxygen atoms in total. The maximum atomic E-state index is 11.7. The number of carbonyl (C=O) groups is 1. The Kier molecular flexibility index (Phi) is 10.1. The van der Waals surface area contributed by atoms with Crippen molar-refractivity contribution in [1.29, 1.82) is 0 Å². The first kappa shape index (κ1) is 25.7. The number of nitrogens with zero attached hydrogens (tertiary/aromatic N) is 1. The summed E-state index contributed by atoms with van der Waals surface area (Å²) >= 11 is 0. The highest BCUT2D eigenvalue weighted by Gasteiger charge is 2.20. The molecule has 0 aromatic heterocycles. The smallest absolute Gasteiger partial charge is 0.259 e. The Labute approximate surface area is 183 Å². The maximum absolute atomic E-state index is 11.7. The van der Waals surface area contributed by atoms with Crippen molar-refractivity contribution in [1.82, 2.24) is 10.2 Å². The van der Waals surface area contributed by atoms with Gasteiger partial charge in [-0.05, 0) is 60.2 Å². The molecular weight excluding hydrogens is 408 g/mol. The minimum Gasteiger partial charge on any atom is -0.508 e. The molecule has 0 spiro atoms. The van der Waals surface area contributed by atoms with Crippen LogP contribution in [0.25, 0.3) is 0 Å². The Morgan fingerprint density at radius 3 is 2.57 bits per heavy atom. The molecule has 3 rings (SSSR count). The number of hydrogen-bond donors (Lipinski definition) is 3. The van der Waals surface area contributed by atoms with Gasteiger partial charge in [-0.1, -0.05) is 18.2 Å². The molecule has 8 heteroatoms. The first-order valence-electron chi connectivity index (χ1n) is 9.57. The number of carbonyl (C=O) groups excluding carboxylic acids is 1. The molecule has 0 radical (unpaired) electrons. The molecule has 2 aromatic carbocycles. The van der Waals surface area contributed by atoms with Gasteiger partial charge in [0.1, 0.15) is 11.5 Å². The number of phenolic OH excluding ortho intramolecular Hbond substituents is 1. The van der Waals surface area contributed by atoms with Gasteiger partial charge in [0, 0.05) is 26.7 Å². The largest absolute Gasteiger partial charge is 0.508 e. The van der Waals surface area contributed by atoms with Crippen LogP contribution in [0, 0.1) is 0 Å². The number of hydrogen-bond acceptors (Lipinski definition) is 5. The fourth-order valence-electron chi connectivity index (χ4n) is 3.36. The fourth-order valence-corrected chi connectivity index (χ4v) is 3.36. The molecule has 0 saturated heterocycles. The second kappa shape index (κ2) is 11.8. The lowest BCUT2D eigenvalue weighted by Crippen LogP contribution is -2.37. The van der Waals surface area contributed by atoms with E-state index < -0.39 is 6.10 Å². The number of nitrogens with one attached hydrogen (secondary N) is 1. The van der Waals surface area contributed by atoms with Crippen LogP contribution >= 0.6 is 12.4 Å². The van der Waals surface area contributed by atoms with E-state index in [4.69, 9.17) is 4.74 Å². The Hall–Kier alpha value is -2.32. The van der Waals surface area contributed by atoms with E-state index in [1.54, 1.807) is 38.4 Å². The molecule has 30 heavy (non-hydrogen) atoms. The number of aliphatic hydroxyl groups is 1. The van der Waals surface area contributed by atoms with Gasteiger partial charge < -0.3 is 30.6 Å². The second-order valence-corrected chi connectivity index (χ2v) is 7.46. The third-order valence-electron chi connectivity index (χ3n) is 5.15. The lowest BCUT2D eigenvalue weighted by molar-refractivity contribution is -0.130. The van der Waals surface area contributed by atoms with Crippen LogP contribution < -0.4 is 10.1 Å². The number of aryl methyl sites for hydroxylation is 1. The van der Waals surface area contributed by atoms with Crippen molar-refractivity contribution in [2.45, 2.75) is 31.4 Å². The number of likely N-dealkylation sites (N-methyl/N-ethyl adjacent to an activating group) is 1. The highest BCUT2D eigenvalue weighted by molar-refractivity contribution is 5.85. The molecule has 0 heterocycles. The molecule has 0 saturated carbocycles. The maximum Gasteiger partial charge on any atom is 0.259 e. The van der Waals surface area contributed by atoms with E-state index in [1.807, 2.05) is 12.1 Å². The number of aromatic hydroxyl groups is 1. The lowest BCUT2D eigenvalue weighted by atomic mass is 9.88. The van der Waals surface area contributed by atoms with Gasteiger partial charge in [-0.3, -0.25) is 4.79 Å². The van der Waals surface area contributed by atoms with Gasteiger partial charge in [0.2, 0.25) is 0 Å². The first-order valence-corrected chi connectivity index (χ1v) is 9.57. The average Bonchev–Trinajstić information content (AvgIpc) is 2.70. The van der Waals surface area contributed by atoms with Crippen LogP contribution in [0.1, 0.15) is 29.2 Å². The molecule has 1 unspecified atom stereocenters. The number of benzene rings is 2. The third-order valence-corrected chi connectivity index (χ3v) is 5.15. The second-order valence-electron chi connectivity index (χ2n) is 7.46. The highest BCUT2D eigenvalue weighted by Crippen LogP contribution is 2.26. The normalized spacial score (nSPS) is 15.8. The topological polar surface area (TPSA) is 114 Å². The molecule has 1 aliphatic rings. The van der Waals surface area contributed by atoms with Gasteiger partial charge in [0.05, 0.1) is 6.10 Å². The molecule has 2 aromatic rings. The minimum atomic E-state index is -0.617. The van der Waals surface area contributed by atoms with Crippen molar-refractivity contribution in [2.24, 2.45) is 0 Å². The molecule has 166 valence electrons. The van der Waals surface area contributed by atoms with Gasteiger partial charge >= 0.3 is 0 Å². The number of ether oxygens (including phenoxy) is 1. The van der Waals surface area contributed by atoms with Crippen LogP contribution in [0.5, 0.6) is 11.5 Å². The predicted molar refractivity (Wildman–Crippen MR) is 118 cm³/mol. The zero-order chi connectivity index (χ0) is 20.1. The molecule has 1 aliphatic carbocycles. The Morgan fingerprint density at radius 2 is 1.90 bits per heavy atom. The van der Waals surface area contributed by atoms with Gasteiger partial charge in [0.15, 0.2) is 6.61 Å². The average molecular weight is 439 g/mol. The number of phenols is 1. The third kappa shape index (κ3) is 6.88. The minimum absolute atomic E-state index is 0. The number of rotatable bonds is 7. The first-order chi connectivity index (χ1) is 13.4. The summed E-state index contributed by atoms with van der Waals surface area (Å²) in [5, 5.41) is 23.1. The van der Waals surface area contributed by atoms with Crippen molar-refractivity contribution in [3.63, 3.8) is 0 Å². The van der Waals surface area contributed by atoms with Crippen LogP contribution in [0.3, 0.4) is 0 Å². The predicted octanol–water partition coefficient (Wildman–Crippen LogP) is 1.64. The number of halogens is 1. The van der Waals surface area contributed by atoms with Crippen molar-refractivity contribution >= 4 is 18.3 Å². The molecule has 5 N–H and O–H groups in total. The quantitative estimate of drug-likeness (QED) is 0.608. The van der Waals surface area contributed by atoms with Crippen LogP contribution in [-0.2, 0) is 17.6 Å². The molecule has 2 atom stereocenters. The van der Waals surface area contributed by atoms with E-state index in [0.29, 0.717) is 12.3 Å². The van der Waals surface area contributed by atoms with Gasteiger partial charge in [-0.25, -0.2) is 0 Å². The summed E-state index contributed by atoms with van der Waals surface area (Å²) in [6.45, 7) is 0.491. The monoisotopic (exact) mass is 438 g/mol. The van der Waals surface area contributed by atoms with Gasteiger partial charge in [-0.2, -0.15) is 0 Å². The van der Waals surface area contributed by atoms with E-state index in [0.717, 1.165) is 24.8 Å². The molecule has 1 amide bonds. The Bertz CT molecular complexity index is 814. The fraction of sp³-hybridized carbons (Fsp3) is 0.409. The zero-order valence-corrected chi connectivity index (χ0v) is 18.1. The van der Waals surface area contributed by atoms with Crippen molar-refractivity contribution in [2.75, 3.05) is 27.2 Å². The number of fused-ring (bicyclic) bond motifs is 1. The van der Waals surface area contributed by atoms with Crippen LogP contribution in [0.2, 0.25) is 0 Å². The molecular formula is C22H31ClN2O5. The Balaban J connectivity index is 0.00000225. The standard InChI is InChI=1S/C22H28N2O4.ClH.H2O/c1-24(2)22(27)14-28-20-10-6-15-3-7-18(11-17(15)12-20)23-13-21(26)16-4-8-19(25)9-5-16;;/h4-6,8-10,12,18,21,23,25-26H,3,7,11,13-14H2,1-2H3;1H;1H2/t18?,21-;;/m0../s1. The van der Waals surface area contributed by atoms with E-state index in [9.17, 15) is 15.0 Å². The summed E-state index contributed by atoms with van der Waals surface area (Å²) in [4.78, 5) is 13.2. The molecule has 0 aliphatic heterocycles. The summed E-state index contributed by atoms with van der Waals surface area (Å²) in [7, 11) is 3.42. The summed E-state index contributed by atoms with van der Waals surface area (Å²) in [5.74, 6) is 0.831. The van der Waals surface area contributed by atoms with Crippen LogP contribution in [0.4, 0.5) is 0 Å². The van der Waals surface area contributed by atoms with E-state index in [1.165, 1.54) is 16.0 Å². The lowest BCUT2D eigenvalue weighted by Gasteiger charge is -2.27. The van der Waals surface area contributed by atoms with E-state index in [2.05, 4.69) is 11.4 Å². The summed E-state index contributed by atoms with van der Waals surface area (Å²) in [5.41, 5.74) is 3.31. The number of aliphatic hydroxyl groups excluding tert-OH is 1.